The average Bonchev–Trinajstić information content (AvgIpc) is 2.61. The van der Waals surface area contributed by atoms with E-state index in [1.807, 2.05) is 0 Å². The maximum Gasteiger partial charge on any atom is 0.430 e. The van der Waals surface area contributed by atoms with E-state index in [0.717, 1.165) is 0 Å². The Bertz CT molecular complexity index is 896. The fourth-order valence-electron chi connectivity index (χ4n) is 2.95. The SMILES string of the molecule is OC(c1c(F)c(C(O)(C(F)(F)F)C(F)(F)F)c(F)c(C(O)(C(F)(F)F)C(F)(F)F)c1F)(C(F)(F)F)C(F)(F)F. The first-order chi connectivity index (χ1) is 16.6. The summed E-state index contributed by atoms with van der Waals surface area (Å²) in [6.07, 6.45) is -47.3. The molecular weight excluding hydrogens is 627 g/mol. The minimum absolute atomic E-state index is 4.95. The van der Waals surface area contributed by atoms with Crippen LogP contribution >= 0.6 is 0 Å². The lowest BCUT2D eigenvalue weighted by Gasteiger charge is -2.39. The molecule has 0 saturated heterocycles. The van der Waals surface area contributed by atoms with E-state index in [1.54, 1.807) is 0 Å². The molecule has 24 heteroatoms. The van der Waals surface area contributed by atoms with E-state index in [1.165, 1.54) is 0 Å². The van der Waals surface area contributed by atoms with Crippen LogP contribution in [0.25, 0.3) is 0 Å². The van der Waals surface area contributed by atoms with Crippen molar-refractivity contribution in [2.45, 2.75) is 53.9 Å². The number of hydrogen-bond acceptors (Lipinski definition) is 3. The Labute approximate surface area is 197 Å². The van der Waals surface area contributed by atoms with Crippen molar-refractivity contribution in [3.8, 4) is 0 Å². The summed E-state index contributed by atoms with van der Waals surface area (Å²) in [5.74, 6) is -14.8. The second kappa shape index (κ2) is 8.81. The highest BCUT2D eigenvalue weighted by Crippen LogP contribution is 2.60. The molecule has 0 aliphatic rings. The van der Waals surface area contributed by atoms with E-state index in [2.05, 4.69) is 0 Å². The molecular formula is C15H3F21O3. The summed E-state index contributed by atoms with van der Waals surface area (Å²) in [7, 11) is 0. The molecule has 0 heterocycles. The summed E-state index contributed by atoms with van der Waals surface area (Å²) in [5.41, 5.74) is -37.9. The van der Waals surface area contributed by atoms with Gasteiger partial charge >= 0.3 is 37.1 Å². The van der Waals surface area contributed by atoms with Crippen LogP contribution < -0.4 is 0 Å². The molecule has 0 fully saturated rings. The van der Waals surface area contributed by atoms with Crippen molar-refractivity contribution in [1.82, 2.24) is 0 Å². The molecule has 0 saturated carbocycles. The molecule has 3 N–H and O–H groups in total. The van der Waals surface area contributed by atoms with Crippen LogP contribution in [0.5, 0.6) is 0 Å². The molecule has 1 aromatic carbocycles. The monoisotopic (exact) mass is 630 g/mol. The molecule has 1 aromatic rings. The molecule has 0 aromatic heterocycles. The summed E-state index contributed by atoms with van der Waals surface area (Å²) in [4.78, 5) is 0. The fourth-order valence-corrected chi connectivity index (χ4v) is 2.95. The van der Waals surface area contributed by atoms with Gasteiger partial charge in [0.25, 0.3) is 16.8 Å². The van der Waals surface area contributed by atoms with Gasteiger partial charge in [-0.25, -0.2) is 13.2 Å². The van der Waals surface area contributed by atoms with Crippen molar-refractivity contribution in [1.29, 1.82) is 0 Å². The van der Waals surface area contributed by atoms with E-state index < -0.39 is 88.0 Å². The number of rotatable bonds is 3. The molecule has 228 valence electrons. The summed E-state index contributed by atoms with van der Waals surface area (Å²) in [5, 5.41) is 27.2. The normalized spacial score (nSPS) is 15.7. The molecule has 0 atom stereocenters. The highest BCUT2D eigenvalue weighted by atomic mass is 19.4. The summed E-state index contributed by atoms with van der Waals surface area (Å²) >= 11 is 0. The van der Waals surface area contributed by atoms with Crippen molar-refractivity contribution < 1.29 is 108 Å². The second-order valence-electron chi connectivity index (χ2n) is 7.18. The van der Waals surface area contributed by atoms with Crippen LogP contribution in [0.15, 0.2) is 0 Å². The van der Waals surface area contributed by atoms with Gasteiger partial charge in [-0.3, -0.25) is 0 Å². The summed E-state index contributed by atoms with van der Waals surface area (Å²) in [6.45, 7) is 0. The largest absolute Gasteiger partial charge is 0.430 e. The zero-order valence-electron chi connectivity index (χ0n) is 16.8. The zero-order chi connectivity index (χ0) is 32.0. The lowest BCUT2D eigenvalue weighted by Crippen LogP contribution is -2.60. The molecule has 0 aliphatic carbocycles. The Balaban J connectivity index is 5.02. The highest BCUT2D eigenvalue weighted by molar-refractivity contribution is 5.47. The zero-order valence-corrected chi connectivity index (χ0v) is 16.8. The summed E-state index contributed by atoms with van der Waals surface area (Å²) in [6, 6.07) is 0. The average molecular weight is 630 g/mol. The Morgan fingerprint density at radius 2 is 0.385 bits per heavy atom. The van der Waals surface area contributed by atoms with Crippen molar-refractivity contribution in [2.24, 2.45) is 0 Å². The second-order valence-corrected chi connectivity index (χ2v) is 7.18. The van der Waals surface area contributed by atoms with Crippen LogP contribution in [0.2, 0.25) is 0 Å². The molecule has 0 spiro atoms. The lowest BCUT2D eigenvalue weighted by atomic mass is 9.78. The number of benzene rings is 1. The van der Waals surface area contributed by atoms with Crippen LogP contribution in [-0.4, -0.2) is 52.4 Å². The van der Waals surface area contributed by atoms with Crippen LogP contribution in [0.4, 0.5) is 92.2 Å². The van der Waals surface area contributed by atoms with E-state index in [-0.39, 0.29) is 0 Å². The first-order valence-corrected chi connectivity index (χ1v) is 8.39. The topological polar surface area (TPSA) is 60.7 Å². The smallest absolute Gasteiger partial charge is 0.369 e. The minimum atomic E-state index is -7.89. The maximum atomic E-state index is 14.6. The molecule has 3 nitrogen and oxygen atoms in total. The van der Waals surface area contributed by atoms with Crippen molar-refractivity contribution >= 4 is 0 Å². The van der Waals surface area contributed by atoms with Gasteiger partial charge in [-0.15, -0.1) is 0 Å². The van der Waals surface area contributed by atoms with Crippen molar-refractivity contribution in [2.75, 3.05) is 0 Å². The van der Waals surface area contributed by atoms with E-state index >= 15 is 0 Å². The quantitative estimate of drug-likeness (QED) is 0.358. The standard InChI is InChI=1S/C15H3F21O3/c16-4-1(7(37,10(19,20)21)11(22,23)24)5(17)3(9(39,14(31,32)33)15(34,35)36)6(18)2(4)8(38,12(25,26)27)13(28,29)30/h37-39H. The number of hydrogen-bond donors (Lipinski definition) is 3. The van der Waals surface area contributed by atoms with Gasteiger partial charge in [0.05, 0.1) is 16.7 Å². The third-order valence-corrected chi connectivity index (χ3v) is 4.86. The van der Waals surface area contributed by atoms with Gasteiger partial charge in [0.15, 0.2) is 0 Å². The fraction of sp³-hybridized carbons (Fsp3) is 0.600. The molecule has 0 unspecified atom stereocenters. The molecule has 1 rings (SSSR count). The highest BCUT2D eigenvalue weighted by Gasteiger charge is 2.80. The van der Waals surface area contributed by atoms with Gasteiger partial charge < -0.3 is 15.3 Å². The van der Waals surface area contributed by atoms with Gasteiger partial charge in [-0.2, -0.15) is 79.0 Å². The van der Waals surface area contributed by atoms with Gasteiger partial charge in [0.1, 0.15) is 17.5 Å². The van der Waals surface area contributed by atoms with Gasteiger partial charge in [-0.1, -0.05) is 0 Å². The van der Waals surface area contributed by atoms with E-state index in [9.17, 15) is 92.2 Å². The van der Waals surface area contributed by atoms with Gasteiger partial charge in [0, 0.05) is 0 Å². The Kier molecular flexibility index (Phi) is 7.83. The predicted octanol–water partition coefficient (Wildman–Crippen LogP) is 6.04. The lowest BCUT2D eigenvalue weighted by molar-refractivity contribution is -0.383. The van der Waals surface area contributed by atoms with E-state index in [4.69, 9.17) is 15.3 Å². The molecule has 0 radical (unpaired) electrons. The Morgan fingerprint density at radius 3 is 0.462 bits per heavy atom. The van der Waals surface area contributed by atoms with Crippen molar-refractivity contribution in [3.05, 3.63) is 34.1 Å². The Hall–Kier alpha value is -2.37. The number of halogens is 21. The van der Waals surface area contributed by atoms with Crippen LogP contribution in [0.3, 0.4) is 0 Å². The first kappa shape index (κ1) is 34.7. The minimum Gasteiger partial charge on any atom is -0.369 e. The van der Waals surface area contributed by atoms with Crippen LogP contribution in [0.1, 0.15) is 16.7 Å². The van der Waals surface area contributed by atoms with Crippen LogP contribution in [0, 0.1) is 17.5 Å². The Morgan fingerprint density at radius 1 is 0.282 bits per heavy atom. The van der Waals surface area contributed by atoms with Crippen molar-refractivity contribution in [3.63, 3.8) is 0 Å². The van der Waals surface area contributed by atoms with Gasteiger partial charge in [-0.05, 0) is 0 Å². The first-order valence-electron chi connectivity index (χ1n) is 8.39. The van der Waals surface area contributed by atoms with E-state index in [0.29, 0.717) is 0 Å². The molecule has 0 amide bonds. The number of alkyl halides is 18. The van der Waals surface area contributed by atoms with Crippen LogP contribution in [-0.2, 0) is 16.8 Å². The molecule has 39 heavy (non-hydrogen) atoms. The third-order valence-electron chi connectivity index (χ3n) is 4.86. The van der Waals surface area contributed by atoms with Gasteiger partial charge in [0.2, 0.25) is 0 Å². The molecule has 0 aliphatic heterocycles. The predicted molar refractivity (Wildman–Crippen MR) is 74.3 cm³/mol. The molecule has 0 bridgehead atoms. The third kappa shape index (κ3) is 4.60. The number of aliphatic hydroxyl groups is 3. The summed E-state index contributed by atoms with van der Waals surface area (Å²) < 4.78 is 280. The maximum absolute atomic E-state index is 14.6.